The van der Waals surface area contributed by atoms with Crippen LogP contribution in [0.25, 0.3) is 10.9 Å². The molecule has 3 aromatic rings. The molecule has 0 bridgehead atoms. The van der Waals surface area contributed by atoms with Gasteiger partial charge in [0.2, 0.25) is 5.91 Å². The Morgan fingerprint density at radius 2 is 1.93 bits per heavy atom. The Morgan fingerprint density at radius 1 is 1.21 bits per heavy atom. The van der Waals surface area contributed by atoms with Crippen molar-refractivity contribution in [3.63, 3.8) is 0 Å². The maximum Gasteiger partial charge on any atom is 0.262 e. The van der Waals surface area contributed by atoms with E-state index in [1.165, 1.54) is 11.8 Å². The fraction of sp³-hybridized carbons (Fsp3) is 0.286. The lowest BCUT2D eigenvalue weighted by Gasteiger charge is -2.16. The third-order valence-electron chi connectivity index (χ3n) is 4.42. The quantitative estimate of drug-likeness (QED) is 0.472. The predicted molar refractivity (Wildman–Crippen MR) is 113 cm³/mol. The Labute approximate surface area is 167 Å². The van der Waals surface area contributed by atoms with Gasteiger partial charge in [-0.3, -0.25) is 14.2 Å². The minimum absolute atomic E-state index is 0.0211. The number of aliphatic hydroxyl groups is 1. The van der Waals surface area contributed by atoms with E-state index in [2.05, 4.69) is 10.3 Å². The van der Waals surface area contributed by atoms with Crippen molar-refractivity contribution in [1.82, 2.24) is 9.55 Å². The second kappa shape index (κ2) is 9.03. The van der Waals surface area contributed by atoms with E-state index in [9.17, 15) is 14.7 Å². The molecule has 0 saturated carbocycles. The number of aliphatic hydroxyl groups excluding tert-OH is 1. The van der Waals surface area contributed by atoms with Gasteiger partial charge in [0.15, 0.2) is 5.16 Å². The van der Waals surface area contributed by atoms with E-state index < -0.39 is 5.25 Å². The smallest absolute Gasteiger partial charge is 0.262 e. The van der Waals surface area contributed by atoms with Crippen LogP contribution in [0.3, 0.4) is 0 Å². The molecule has 0 radical (unpaired) electrons. The molecule has 0 saturated heterocycles. The van der Waals surface area contributed by atoms with Crippen molar-refractivity contribution in [3.05, 3.63) is 64.4 Å². The van der Waals surface area contributed by atoms with Crippen molar-refractivity contribution >= 4 is 34.3 Å². The number of carbonyl (C=O) groups is 1. The lowest BCUT2D eigenvalue weighted by atomic mass is 10.2. The molecular formula is C21H23N3O3S. The summed E-state index contributed by atoms with van der Waals surface area (Å²) in [6.45, 7) is 4.05. The Morgan fingerprint density at radius 3 is 2.68 bits per heavy atom. The highest BCUT2D eigenvalue weighted by Crippen LogP contribution is 2.24. The summed E-state index contributed by atoms with van der Waals surface area (Å²) >= 11 is 1.24. The minimum Gasteiger partial charge on any atom is -0.396 e. The second-order valence-corrected chi connectivity index (χ2v) is 7.82. The van der Waals surface area contributed by atoms with Crippen molar-refractivity contribution in [2.75, 3.05) is 11.9 Å². The van der Waals surface area contributed by atoms with Gasteiger partial charge in [0.1, 0.15) is 0 Å². The van der Waals surface area contributed by atoms with Crippen LogP contribution >= 0.6 is 11.8 Å². The lowest BCUT2D eigenvalue weighted by Crippen LogP contribution is -2.27. The summed E-state index contributed by atoms with van der Waals surface area (Å²) in [7, 11) is 0. The van der Waals surface area contributed by atoms with Gasteiger partial charge in [0.05, 0.1) is 16.2 Å². The summed E-state index contributed by atoms with van der Waals surface area (Å²) in [5.41, 5.74) is 2.19. The van der Waals surface area contributed by atoms with Crippen molar-refractivity contribution in [3.8, 4) is 0 Å². The van der Waals surface area contributed by atoms with Gasteiger partial charge in [0, 0.05) is 18.8 Å². The van der Waals surface area contributed by atoms with Crippen LogP contribution in [0, 0.1) is 6.92 Å². The standard InChI is InChI=1S/C21H23N3O3S/c1-14-8-3-5-10-17(14)22-19(26)15(2)28-21-23-18-11-6-4-9-16(18)20(27)24(21)12-7-13-25/h3-6,8-11,15,25H,7,12-13H2,1-2H3,(H,22,26). The number of hydrogen-bond donors (Lipinski definition) is 2. The zero-order chi connectivity index (χ0) is 20.1. The summed E-state index contributed by atoms with van der Waals surface area (Å²) in [6, 6.07) is 14.7. The highest BCUT2D eigenvalue weighted by Gasteiger charge is 2.20. The molecule has 146 valence electrons. The van der Waals surface area contributed by atoms with Gasteiger partial charge in [-0.1, -0.05) is 42.1 Å². The van der Waals surface area contributed by atoms with E-state index in [-0.39, 0.29) is 18.1 Å². The SMILES string of the molecule is Cc1ccccc1NC(=O)C(C)Sc1nc2ccccc2c(=O)n1CCCO. The van der Waals surface area contributed by atoms with Crippen LogP contribution in [-0.4, -0.2) is 32.4 Å². The fourth-order valence-corrected chi connectivity index (χ4v) is 3.76. The van der Waals surface area contributed by atoms with E-state index in [0.717, 1.165) is 11.3 Å². The van der Waals surface area contributed by atoms with E-state index in [1.54, 1.807) is 29.7 Å². The Kier molecular flexibility index (Phi) is 6.49. The molecule has 2 aromatic carbocycles. The van der Waals surface area contributed by atoms with Crippen LogP contribution in [0.1, 0.15) is 18.9 Å². The molecule has 6 nitrogen and oxygen atoms in total. The Balaban J connectivity index is 1.88. The normalized spacial score (nSPS) is 12.1. The molecule has 7 heteroatoms. The fourth-order valence-electron chi connectivity index (χ4n) is 2.82. The number of aryl methyl sites for hydroxylation is 1. The molecule has 28 heavy (non-hydrogen) atoms. The molecule has 0 aliphatic heterocycles. The predicted octanol–water partition coefficient (Wildman–Crippen LogP) is 3.21. The molecule has 1 amide bonds. The number of anilines is 1. The second-order valence-electron chi connectivity index (χ2n) is 6.51. The van der Waals surface area contributed by atoms with Crippen LogP contribution < -0.4 is 10.9 Å². The van der Waals surface area contributed by atoms with Gasteiger partial charge in [-0.25, -0.2) is 4.98 Å². The molecule has 2 N–H and O–H groups in total. The van der Waals surface area contributed by atoms with E-state index in [0.29, 0.717) is 29.0 Å². The first-order chi connectivity index (χ1) is 13.5. The van der Waals surface area contributed by atoms with E-state index in [4.69, 9.17) is 0 Å². The average Bonchev–Trinajstić information content (AvgIpc) is 2.69. The van der Waals surface area contributed by atoms with Gasteiger partial charge in [0.25, 0.3) is 5.56 Å². The summed E-state index contributed by atoms with van der Waals surface area (Å²) in [4.78, 5) is 30.1. The van der Waals surface area contributed by atoms with Gasteiger partial charge >= 0.3 is 0 Å². The maximum atomic E-state index is 12.9. The summed E-state index contributed by atoms with van der Waals surface area (Å²) < 4.78 is 1.54. The molecule has 0 fully saturated rings. The summed E-state index contributed by atoms with van der Waals surface area (Å²) in [5.74, 6) is -0.157. The first kappa shape index (κ1) is 20.1. The van der Waals surface area contributed by atoms with Gasteiger partial charge < -0.3 is 10.4 Å². The Bertz CT molecular complexity index is 1050. The number of rotatable bonds is 7. The zero-order valence-electron chi connectivity index (χ0n) is 15.9. The lowest BCUT2D eigenvalue weighted by molar-refractivity contribution is -0.115. The van der Waals surface area contributed by atoms with Crippen LogP contribution in [0.4, 0.5) is 5.69 Å². The van der Waals surface area contributed by atoms with Gasteiger partial charge in [-0.2, -0.15) is 0 Å². The van der Waals surface area contributed by atoms with E-state index >= 15 is 0 Å². The average molecular weight is 398 g/mol. The number of benzene rings is 2. The minimum atomic E-state index is -0.451. The number of nitrogens with one attached hydrogen (secondary N) is 1. The monoisotopic (exact) mass is 397 g/mol. The number of aromatic nitrogens is 2. The van der Waals surface area contributed by atoms with Crippen molar-refractivity contribution in [2.24, 2.45) is 0 Å². The van der Waals surface area contributed by atoms with Crippen molar-refractivity contribution in [1.29, 1.82) is 0 Å². The van der Waals surface area contributed by atoms with Gasteiger partial charge in [-0.05, 0) is 44.0 Å². The number of hydrogen-bond acceptors (Lipinski definition) is 5. The van der Waals surface area contributed by atoms with Crippen LogP contribution in [0.2, 0.25) is 0 Å². The van der Waals surface area contributed by atoms with Gasteiger partial charge in [-0.15, -0.1) is 0 Å². The molecular weight excluding hydrogens is 374 g/mol. The molecule has 0 spiro atoms. The molecule has 1 aromatic heterocycles. The molecule has 1 atom stereocenters. The van der Waals surface area contributed by atoms with Crippen LogP contribution in [-0.2, 0) is 11.3 Å². The molecule has 1 heterocycles. The largest absolute Gasteiger partial charge is 0.396 e. The van der Waals surface area contributed by atoms with Crippen LogP contribution in [0.5, 0.6) is 0 Å². The molecule has 3 rings (SSSR count). The summed E-state index contributed by atoms with van der Waals surface area (Å²) in [5, 5.41) is 12.7. The van der Waals surface area contributed by atoms with Crippen LogP contribution in [0.15, 0.2) is 58.5 Å². The summed E-state index contributed by atoms with van der Waals surface area (Å²) in [6.07, 6.45) is 0.442. The molecule has 0 aliphatic carbocycles. The van der Waals surface area contributed by atoms with Crippen molar-refractivity contribution in [2.45, 2.75) is 37.2 Å². The number of para-hydroxylation sites is 2. The maximum absolute atomic E-state index is 12.9. The van der Waals surface area contributed by atoms with Crippen molar-refractivity contribution < 1.29 is 9.90 Å². The third kappa shape index (κ3) is 4.43. The third-order valence-corrected chi connectivity index (χ3v) is 5.51. The molecule has 1 unspecified atom stereocenters. The highest BCUT2D eigenvalue weighted by atomic mass is 32.2. The number of thioether (sulfide) groups is 1. The number of carbonyl (C=O) groups excluding carboxylic acids is 1. The zero-order valence-corrected chi connectivity index (χ0v) is 16.7. The topological polar surface area (TPSA) is 84.2 Å². The number of nitrogens with zero attached hydrogens (tertiary/aromatic N) is 2. The molecule has 0 aliphatic rings. The Hall–Kier alpha value is -2.64. The number of amides is 1. The number of fused-ring (bicyclic) bond motifs is 1. The first-order valence-corrected chi connectivity index (χ1v) is 10.0. The van der Waals surface area contributed by atoms with E-state index in [1.807, 2.05) is 37.3 Å². The first-order valence-electron chi connectivity index (χ1n) is 9.15. The highest BCUT2D eigenvalue weighted by molar-refractivity contribution is 8.00.